The van der Waals surface area contributed by atoms with Crippen molar-refractivity contribution in [2.45, 2.75) is 64.9 Å². The van der Waals surface area contributed by atoms with Gasteiger partial charge in [0.15, 0.2) is 0 Å². The first-order chi connectivity index (χ1) is 8.87. The molecule has 0 spiro atoms. The first-order valence-corrected chi connectivity index (χ1v) is 7.90. The molecular formula is C16H25NOS. The molecule has 0 aliphatic carbocycles. The number of hydrogen-bond acceptors (Lipinski definition) is 3. The van der Waals surface area contributed by atoms with E-state index in [0.29, 0.717) is 0 Å². The summed E-state index contributed by atoms with van der Waals surface area (Å²) in [6.45, 7) is 14.1. The number of rotatable bonds is 3. The Bertz CT molecular complexity index is 494. The summed E-state index contributed by atoms with van der Waals surface area (Å²) in [6.07, 6.45) is 2.21. The van der Waals surface area contributed by atoms with Crippen molar-refractivity contribution in [1.29, 1.82) is 0 Å². The minimum atomic E-state index is -0.0348. The van der Waals surface area contributed by atoms with Crippen molar-refractivity contribution in [3.63, 3.8) is 0 Å². The average Bonchev–Trinajstić information content (AvgIpc) is 2.35. The summed E-state index contributed by atoms with van der Waals surface area (Å²) >= 11 is 1.75. The van der Waals surface area contributed by atoms with Crippen molar-refractivity contribution in [2.75, 3.05) is 6.54 Å². The van der Waals surface area contributed by atoms with Crippen molar-refractivity contribution in [3.8, 4) is 5.75 Å². The highest BCUT2D eigenvalue weighted by Gasteiger charge is 2.30. The third kappa shape index (κ3) is 2.77. The molecule has 106 valence electrons. The highest BCUT2D eigenvalue weighted by atomic mass is 32.2. The van der Waals surface area contributed by atoms with Gasteiger partial charge in [-0.15, -0.1) is 0 Å². The van der Waals surface area contributed by atoms with Gasteiger partial charge in [0.05, 0.1) is 0 Å². The summed E-state index contributed by atoms with van der Waals surface area (Å²) in [7, 11) is 0. The second-order valence-corrected chi connectivity index (χ2v) is 6.87. The molecule has 0 aromatic heterocycles. The lowest BCUT2D eigenvalue weighted by atomic mass is 9.88. The van der Waals surface area contributed by atoms with Gasteiger partial charge in [0.1, 0.15) is 11.4 Å². The Hall–Kier alpha value is -0.670. The fourth-order valence-corrected chi connectivity index (χ4v) is 3.52. The zero-order valence-corrected chi connectivity index (χ0v) is 13.8. The van der Waals surface area contributed by atoms with Crippen LogP contribution in [0.4, 0.5) is 0 Å². The molecule has 0 fully saturated rings. The minimum absolute atomic E-state index is 0.0348. The van der Waals surface area contributed by atoms with Crippen LogP contribution in [0.15, 0.2) is 4.90 Å². The predicted octanol–water partition coefficient (Wildman–Crippen LogP) is 4.33. The molecule has 1 aliphatic heterocycles. The Morgan fingerprint density at radius 2 is 1.84 bits per heavy atom. The summed E-state index contributed by atoms with van der Waals surface area (Å²) in [4.78, 5) is 1.38. The molecule has 0 amide bonds. The van der Waals surface area contributed by atoms with Crippen molar-refractivity contribution < 1.29 is 4.74 Å². The standard InChI is InChI=1S/C16H25NOS/c1-7-17-19-15-11(3)10(2)14-13(12(15)4)8-9-16(5,6)18-14/h17H,7-9H2,1-6H3. The van der Waals surface area contributed by atoms with Gasteiger partial charge in [-0.2, -0.15) is 0 Å². The number of benzene rings is 1. The van der Waals surface area contributed by atoms with E-state index in [0.717, 1.165) is 25.1 Å². The van der Waals surface area contributed by atoms with Crippen LogP contribution in [-0.4, -0.2) is 12.1 Å². The summed E-state index contributed by atoms with van der Waals surface area (Å²) < 4.78 is 9.61. The summed E-state index contributed by atoms with van der Waals surface area (Å²) in [5.74, 6) is 1.13. The monoisotopic (exact) mass is 279 g/mol. The average molecular weight is 279 g/mol. The number of hydrogen-bond donors (Lipinski definition) is 1. The number of nitrogens with one attached hydrogen (secondary N) is 1. The maximum atomic E-state index is 6.24. The normalized spacial score (nSPS) is 16.9. The minimum Gasteiger partial charge on any atom is -0.487 e. The summed E-state index contributed by atoms with van der Waals surface area (Å²) in [5.41, 5.74) is 5.41. The van der Waals surface area contributed by atoms with E-state index in [1.807, 2.05) is 0 Å². The van der Waals surface area contributed by atoms with E-state index in [1.165, 1.54) is 27.1 Å². The zero-order valence-electron chi connectivity index (χ0n) is 12.9. The molecule has 0 bridgehead atoms. The Morgan fingerprint density at radius 3 is 2.47 bits per heavy atom. The molecule has 2 nitrogen and oxygen atoms in total. The fourth-order valence-electron chi connectivity index (χ4n) is 2.65. The Balaban J connectivity index is 2.50. The van der Waals surface area contributed by atoms with Crippen molar-refractivity contribution in [3.05, 3.63) is 22.3 Å². The van der Waals surface area contributed by atoms with E-state index < -0.39 is 0 Å². The van der Waals surface area contributed by atoms with E-state index in [-0.39, 0.29) is 5.60 Å². The van der Waals surface area contributed by atoms with Gasteiger partial charge in [-0.1, -0.05) is 6.92 Å². The first-order valence-electron chi connectivity index (χ1n) is 7.08. The van der Waals surface area contributed by atoms with Crippen LogP contribution in [0, 0.1) is 20.8 Å². The second-order valence-electron chi connectivity index (χ2n) is 5.97. The van der Waals surface area contributed by atoms with Crippen molar-refractivity contribution in [1.82, 2.24) is 4.72 Å². The van der Waals surface area contributed by atoms with Crippen LogP contribution in [0.1, 0.15) is 49.4 Å². The molecule has 19 heavy (non-hydrogen) atoms. The van der Waals surface area contributed by atoms with Crippen LogP contribution in [-0.2, 0) is 6.42 Å². The first kappa shape index (κ1) is 14.7. The number of fused-ring (bicyclic) bond motifs is 1. The van der Waals surface area contributed by atoms with Crippen LogP contribution >= 0.6 is 11.9 Å². The van der Waals surface area contributed by atoms with Gasteiger partial charge >= 0.3 is 0 Å². The Morgan fingerprint density at radius 1 is 1.16 bits per heavy atom. The molecule has 1 heterocycles. The number of ether oxygens (including phenoxy) is 1. The van der Waals surface area contributed by atoms with Crippen LogP contribution < -0.4 is 9.46 Å². The molecule has 1 aliphatic rings. The van der Waals surface area contributed by atoms with Gasteiger partial charge < -0.3 is 4.74 Å². The lowest BCUT2D eigenvalue weighted by Crippen LogP contribution is -2.33. The Kier molecular flexibility index (Phi) is 4.17. The molecule has 0 radical (unpaired) electrons. The molecular weight excluding hydrogens is 254 g/mol. The van der Waals surface area contributed by atoms with Gasteiger partial charge in [0, 0.05) is 11.4 Å². The molecule has 0 unspecified atom stereocenters. The van der Waals surface area contributed by atoms with E-state index in [2.05, 4.69) is 46.3 Å². The molecule has 1 aromatic carbocycles. The molecule has 1 N–H and O–H groups in total. The molecule has 0 saturated heterocycles. The van der Waals surface area contributed by atoms with Crippen LogP contribution in [0.3, 0.4) is 0 Å². The largest absolute Gasteiger partial charge is 0.487 e. The fraction of sp³-hybridized carbons (Fsp3) is 0.625. The highest BCUT2D eigenvalue weighted by Crippen LogP contribution is 2.42. The topological polar surface area (TPSA) is 21.3 Å². The second kappa shape index (κ2) is 5.37. The van der Waals surface area contributed by atoms with Gasteiger partial charge in [0.25, 0.3) is 0 Å². The smallest absolute Gasteiger partial charge is 0.126 e. The Labute approximate surface area is 121 Å². The lowest BCUT2D eigenvalue weighted by Gasteiger charge is -2.35. The van der Waals surface area contributed by atoms with Crippen LogP contribution in [0.2, 0.25) is 0 Å². The van der Waals surface area contributed by atoms with Crippen molar-refractivity contribution >= 4 is 11.9 Å². The van der Waals surface area contributed by atoms with Gasteiger partial charge in [-0.05, 0) is 81.7 Å². The molecule has 2 rings (SSSR count). The lowest BCUT2D eigenvalue weighted by molar-refractivity contribution is 0.0832. The molecule has 1 aromatic rings. The molecule has 0 saturated carbocycles. The van der Waals surface area contributed by atoms with E-state index >= 15 is 0 Å². The highest BCUT2D eigenvalue weighted by molar-refractivity contribution is 7.97. The van der Waals surface area contributed by atoms with Crippen LogP contribution in [0.5, 0.6) is 5.75 Å². The molecule has 3 heteroatoms. The zero-order chi connectivity index (χ0) is 14.2. The van der Waals surface area contributed by atoms with Crippen LogP contribution in [0.25, 0.3) is 0 Å². The summed E-state index contributed by atoms with van der Waals surface area (Å²) in [5, 5.41) is 0. The van der Waals surface area contributed by atoms with Gasteiger partial charge in [0.2, 0.25) is 0 Å². The summed E-state index contributed by atoms with van der Waals surface area (Å²) in [6, 6.07) is 0. The maximum absolute atomic E-state index is 6.24. The van der Waals surface area contributed by atoms with E-state index in [4.69, 9.17) is 4.74 Å². The molecule has 0 atom stereocenters. The third-order valence-corrected chi connectivity index (χ3v) is 5.23. The van der Waals surface area contributed by atoms with E-state index in [9.17, 15) is 0 Å². The van der Waals surface area contributed by atoms with Gasteiger partial charge in [-0.3, -0.25) is 4.72 Å². The predicted molar refractivity (Wildman–Crippen MR) is 83.2 cm³/mol. The maximum Gasteiger partial charge on any atom is 0.126 e. The SMILES string of the molecule is CCNSc1c(C)c(C)c2c(c1C)CCC(C)(C)O2. The van der Waals surface area contributed by atoms with Crippen molar-refractivity contribution in [2.24, 2.45) is 0 Å². The van der Waals surface area contributed by atoms with Gasteiger partial charge in [-0.25, -0.2) is 0 Å². The quantitative estimate of drug-likeness (QED) is 0.832. The van der Waals surface area contributed by atoms with E-state index in [1.54, 1.807) is 11.9 Å². The third-order valence-electron chi connectivity index (χ3n) is 3.99.